The van der Waals surface area contributed by atoms with Gasteiger partial charge in [0, 0.05) is 21.1 Å². The van der Waals surface area contributed by atoms with Gasteiger partial charge in [-0.2, -0.15) is 0 Å². The zero-order chi connectivity index (χ0) is 14.1. The third-order valence-corrected chi connectivity index (χ3v) is 4.31. The second-order valence-electron chi connectivity index (χ2n) is 4.50. The van der Waals surface area contributed by atoms with Gasteiger partial charge in [-0.3, -0.25) is 4.79 Å². The van der Waals surface area contributed by atoms with Gasteiger partial charge < -0.3 is 10.1 Å². The lowest BCUT2D eigenvalue weighted by atomic mass is 10.1. The summed E-state index contributed by atoms with van der Waals surface area (Å²) in [6.45, 7) is 0.712. The van der Waals surface area contributed by atoms with Crippen LogP contribution in [-0.2, 0) is 6.42 Å². The zero-order valence-electron chi connectivity index (χ0n) is 10.5. The molecule has 1 heterocycles. The summed E-state index contributed by atoms with van der Waals surface area (Å²) in [5, 5.41) is 2.91. The van der Waals surface area contributed by atoms with E-state index >= 15 is 0 Å². The third-order valence-electron chi connectivity index (χ3n) is 3.12. The number of amides is 1. The van der Waals surface area contributed by atoms with Gasteiger partial charge in [-0.15, -0.1) is 0 Å². The Labute approximate surface area is 133 Å². The molecule has 0 bridgehead atoms. The number of ether oxygens (including phenoxy) is 1. The molecule has 0 saturated carbocycles. The number of nitrogens with one attached hydrogen (secondary N) is 1. The van der Waals surface area contributed by atoms with Crippen LogP contribution in [0.4, 0.5) is 5.69 Å². The summed E-state index contributed by atoms with van der Waals surface area (Å²) in [4.78, 5) is 12.3. The van der Waals surface area contributed by atoms with E-state index in [0.29, 0.717) is 12.2 Å². The van der Waals surface area contributed by atoms with Gasteiger partial charge in [0.1, 0.15) is 5.75 Å². The van der Waals surface area contributed by atoms with E-state index in [1.165, 1.54) is 0 Å². The van der Waals surface area contributed by atoms with Gasteiger partial charge in [0.2, 0.25) is 0 Å². The molecule has 1 aliphatic rings. The summed E-state index contributed by atoms with van der Waals surface area (Å²) in [5.74, 6) is 0.767. The van der Waals surface area contributed by atoms with Crippen LogP contribution in [0.25, 0.3) is 0 Å². The van der Waals surface area contributed by atoms with Crippen LogP contribution in [0.2, 0.25) is 0 Å². The number of halogens is 2. The Bertz CT molecular complexity index is 686. The lowest BCUT2D eigenvalue weighted by Gasteiger charge is -2.08. The smallest absolute Gasteiger partial charge is 0.256 e. The van der Waals surface area contributed by atoms with Crippen LogP contribution in [0.1, 0.15) is 15.9 Å². The van der Waals surface area contributed by atoms with E-state index < -0.39 is 0 Å². The third kappa shape index (κ3) is 2.74. The van der Waals surface area contributed by atoms with Crippen molar-refractivity contribution in [3.05, 3.63) is 56.5 Å². The predicted molar refractivity (Wildman–Crippen MR) is 85.4 cm³/mol. The molecule has 1 N–H and O–H groups in total. The molecule has 5 heteroatoms. The molecule has 2 aromatic carbocycles. The maximum Gasteiger partial charge on any atom is 0.256 e. The zero-order valence-corrected chi connectivity index (χ0v) is 13.6. The minimum Gasteiger partial charge on any atom is -0.493 e. The molecule has 0 fully saturated rings. The minimum atomic E-state index is -0.142. The van der Waals surface area contributed by atoms with Crippen molar-refractivity contribution in [3.63, 3.8) is 0 Å². The average molecular weight is 397 g/mol. The van der Waals surface area contributed by atoms with E-state index in [-0.39, 0.29) is 5.91 Å². The van der Waals surface area contributed by atoms with Crippen molar-refractivity contribution in [1.82, 2.24) is 0 Å². The lowest BCUT2D eigenvalue weighted by molar-refractivity contribution is 0.102. The standard InChI is InChI=1S/C15H11Br2NO2/c16-10-1-3-13(17)12(8-10)15(19)18-11-2-4-14-9(7-11)5-6-20-14/h1-4,7-8H,5-6H2,(H,18,19). The highest BCUT2D eigenvalue weighted by Crippen LogP contribution is 2.28. The summed E-state index contributed by atoms with van der Waals surface area (Å²) in [5.41, 5.74) is 2.51. The van der Waals surface area contributed by atoms with Crippen LogP contribution in [0.5, 0.6) is 5.75 Å². The molecule has 20 heavy (non-hydrogen) atoms. The van der Waals surface area contributed by atoms with Gasteiger partial charge in [0.25, 0.3) is 5.91 Å². The first kappa shape index (κ1) is 13.6. The first-order valence-electron chi connectivity index (χ1n) is 6.15. The Hall–Kier alpha value is -1.33. The molecule has 0 aromatic heterocycles. The molecule has 0 atom stereocenters. The Balaban J connectivity index is 1.84. The fourth-order valence-electron chi connectivity index (χ4n) is 2.13. The predicted octanol–water partition coefficient (Wildman–Crippen LogP) is 4.40. The summed E-state index contributed by atoms with van der Waals surface area (Å²) in [6.07, 6.45) is 0.889. The van der Waals surface area contributed by atoms with E-state index in [0.717, 1.165) is 32.4 Å². The number of anilines is 1. The fourth-order valence-corrected chi connectivity index (χ4v) is 2.92. The minimum absolute atomic E-state index is 0.142. The number of fused-ring (bicyclic) bond motifs is 1. The molecule has 0 unspecified atom stereocenters. The largest absolute Gasteiger partial charge is 0.493 e. The number of hydrogen-bond donors (Lipinski definition) is 1. The van der Waals surface area contributed by atoms with E-state index in [2.05, 4.69) is 37.2 Å². The van der Waals surface area contributed by atoms with Crippen LogP contribution in [0.3, 0.4) is 0 Å². The van der Waals surface area contributed by atoms with Crippen molar-refractivity contribution in [2.24, 2.45) is 0 Å². The number of carbonyl (C=O) groups is 1. The van der Waals surface area contributed by atoms with E-state index in [1.807, 2.05) is 30.3 Å². The molecule has 2 aromatic rings. The Morgan fingerprint density at radius 1 is 1.15 bits per heavy atom. The van der Waals surface area contributed by atoms with Crippen molar-refractivity contribution in [2.45, 2.75) is 6.42 Å². The molecule has 3 rings (SSSR count). The number of hydrogen-bond acceptors (Lipinski definition) is 2. The van der Waals surface area contributed by atoms with Crippen LogP contribution >= 0.6 is 31.9 Å². The molecular formula is C15H11Br2NO2. The van der Waals surface area contributed by atoms with Crippen molar-refractivity contribution < 1.29 is 9.53 Å². The van der Waals surface area contributed by atoms with Crippen molar-refractivity contribution in [3.8, 4) is 5.75 Å². The van der Waals surface area contributed by atoms with Gasteiger partial charge in [-0.1, -0.05) is 15.9 Å². The normalized spacial score (nSPS) is 12.7. The monoisotopic (exact) mass is 395 g/mol. The van der Waals surface area contributed by atoms with Crippen LogP contribution < -0.4 is 10.1 Å². The Morgan fingerprint density at radius 3 is 2.85 bits per heavy atom. The Morgan fingerprint density at radius 2 is 2.00 bits per heavy atom. The SMILES string of the molecule is O=C(Nc1ccc2c(c1)CCO2)c1cc(Br)ccc1Br. The first-order chi connectivity index (χ1) is 9.63. The maximum atomic E-state index is 12.3. The van der Waals surface area contributed by atoms with E-state index in [9.17, 15) is 4.79 Å². The summed E-state index contributed by atoms with van der Waals surface area (Å²) >= 11 is 6.77. The highest BCUT2D eigenvalue weighted by Gasteiger charge is 2.15. The van der Waals surface area contributed by atoms with Crippen LogP contribution in [-0.4, -0.2) is 12.5 Å². The quantitative estimate of drug-likeness (QED) is 0.816. The van der Waals surface area contributed by atoms with Crippen molar-refractivity contribution in [2.75, 3.05) is 11.9 Å². The molecule has 0 radical (unpaired) electrons. The molecule has 0 saturated heterocycles. The van der Waals surface area contributed by atoms with E-state index in [1.54, 1.807) is 6.07 Å². The van der Waals surface area contributed by atoms with Gasteiger partial charge in [-0.05, 0) is 57.9 Å². The number of rotatable bonds is 2. The molecule has 0 spiro atoms. The van der Waals surface area contributed by atoms with Gasteiger partial charge in [-0.25, -0.2) is 0 Å². The molecular weight excluding hydrogens is 386 g/mol. The number of carbonyl (C=O) groups excluding carboxylic acids is 1. The average Bonchev–Trinajstić information content (AvgIpc) is 2.89. The van der Waals surface area contributed by atoms with E-state index in [4.69, 9.17) is 4.74 Å². The fraction of sp³-hybridized carbons (Fsp3) is 0.133. The van der Waals surface area contributed by atoms with Crippen molar-refractivity contribution in [1.29, 1.82) is 0 Å². The molecule has 1 amide bonds. The Kier molecular flexibility index (Phi) is 3.81. The summed E-state index contributed by atoms with van der Waals surface area (Å²) in [7, 11) is 0. The second-order valence-corrected chi connectivity index (χ2v) is 6.27. The van der Waals surface area contributed by atoms with Crippen LogP contribution in [0, 0.1) is 0 Å². The molecule has 3 nitrogen and oxygen atoms in total. The maximum absolute atomic E-state index is 12.3. The first-order valence-corrected chi connectivity index (χ1v) is 7.74. The summed E-state index contributed by atoms with van der Waals surface area (Å²) in [6, 6.07) is 11.2. The highest BCUT2D eigenvalue weighted by atomic mass is 79.9. The highest BCUT2D eigenvalue weighted by molar-refractivity contribution is 9.11. The topological polar surface area (TPSA) is 38.3 Å². The van der Waals surface area contributed by atoms with Gasteiger partial charge >= 0.3 is 0 Å². The molecule has 0 aliphatic carbocycles. The second kappa shape index (κ2) is 5.58. The molecule has 1 aliphatic heterocycles. The van der Waals surface area contributed by atoms with Crippen LogP contribution in [0.15, 0.2) is 45.3 Å². The summed E-state index contributed by atoms with van der Waals surface area (Å²) < 4.78 is 7.09. The van der Waals surface area contributed by atoms with Gasteiger partial charge in [0.15, 0.2) is 0 Å². The number of benzene rings is 2. The van der Waals surface area contributed by atoms with Crippen molar-refractivity contribution >= 4 is 43.5 Å². The lowest BCUT2D eigenvalue weighted by Crippen LogP contribution is -2.12. The van der Waals surface area contributed by atoms with Gasteiger partial charge in [0.05, 0.1) is 12.2 Å². The molecule has 102 valence electrons.